The predicted octanol–water partition coefficient (Wildman–Crippen LogP) is 4.60. The zero-order valence-electron chi connectivity index (χ0n) is 12.9. The van der Waals surface area contributed by atoms with E-state index in [2.05, 4.69) is 10.2 Å². The van der Waals surface area contributed by atoms with E-state index in [4.69, 9.17) is 10.5 Å². The lowest BCUT2D eigenvalue weighted by Crippen LogP contribution is -2.07. The Balaban J connectivity index is 2.13. The summed E-state index contributed by atoms with van der Waals surface area (Å²) in [7, 11) is 3.96. The molecule has 0 fully saturated rings. The first-order chi connectivity index (χ1) is 11.1. The summed E-state index contributed by atoms with van der Waals surface area (Å²) in [6.45, 7) is 0. The van der Waals surface area contributed by atoms with E-state index in [1.807, 2.05) is 55.4 Å². The molecular weight excluding hydrogens is 286 g/mol. The van der Waals surface area contributed by atoms with Gasteiger partial charge in [0.1, 0.15) is 6.07 Å². The van der Waals surface area contributed by atoms with E-state index in [0.29, 0.717) is 16.8 Å². The second-order valence-electron chi connectivity index (χ2n) is 4.96. The van der Waals surface area contributed by atoms with Crippen LogP contribution in [0.2, 0.25) is 0 Å². The van der Waals surface area contributed by atoms with Gasteiger partial charge >= 0.3 is 0 Å². The SMILES string of the molecule is CN(C)c1ccc(N=Nc2ccc(C(C#N)=CC#N)cc2)cc1. The smallest absolute Gasteiger partial charge is 0.101 e. The minimum Gasteiger partial charge on any atom is -0.378 e. The number of nitriles is 2. The van der Waals surface area contributed by atoms with Crippen molar-refractivity contribution in [2.45, 2.75) is 0 Å². The number of nitrogens with zero attached hydrogens (tertiary/aromatic N) is 5. The van der Waals surface area contributed by atoms with Crippen molar-refractivity contribution in [3.05, 3.63) is 60.2 Å². The van der Waals surface area contributed by atoms with Gasteiger partial charge < -0.3 is 4.90 Å². The molecule has 0 bridgehead atoms. The molecule has 0 aromatic heterocycles. The maximum absolute atomic E-state index is 8.98. The monoisotopic (exact) mass is 301 g/mol. The van der Waals surface area contributed by atoms with Crippen LogP contribution in [0.4, 0.5) is 17.1 Å². The Morgan fingerprint density at radius 3 is 1.87 bits per heavy atom. The van der Waals surface area contributed by atoms with Crippen LogP contribution in [-0.2, 0) is 0 Å². The fourth-order valence-corrected chi connectivity index (χ4v) is 1.89. The largest absolute Gasteiger partial charge is 0.378 e. The van der Waals surface area contributed by atoms with Gasteiger partial charge in [0.05, 0.1) is 23.0 Å². The van der Waals surface area contributed by atoms with Gasteiger partial charge in [-0.1, -0.05) is 12.1 Å². The van der Waals surface area contributed by atoms with E-state index in [1.165, 1.54) is 6.08 Å². The average molecular weight is 301 g/mol. The van der Waals surface area contributed by atoms with Crippen molar-refractivity contribution in [2.75, 3.05) is 19.0 Å². The quantitative estimate of drug-likeness (QED) is 0.611. The highest BCUT2D eigenvalue weighted by molar-refractivity contribution is 5.78. The highest BCUT2D eigenvalue weighted by Crippen LogP contribution is 2.23. The van der Waals surface area contributed by atoms with E-state index in [0.717, 1.165) is 11.4 Å². The maximum atomic E-state index is 8.98. The summed E-state index contributed by atoms with van der Waals surface area (Å²) in [4.78, 5) is 2.02. The number of allylic oxidation sites excluding steroid dienone is 2. The van der Waals surface area contributed by atoms with Gasteiger partial charge in [-0.25, -0.2) is 0 Å². The molecule has 0 atom stereocenters. The van der Waals surface area contributed by atoms with E-state index in [-0.39, 0.29) is 0 Å². The molecule has 5 heteroatoms. The van der Waals surface area contributed by atoms with Gasteiger partial charge in [-0.15, -0.1) is 0 Å². The Kier molecular flexibility index (Phi) is 5.22. The lowest BCUT2D eigenvalue weighted by molar-refractivity contribution is 1.13. The van der Waals surface area contributed by atoms with Gasteiger partial charge in [-0.3, -0.25) is 0 Å². The molecule has 2 aromatic rings. The Hall–Kier alpha value is -3.44. The Labute approximate surface area is 135 Å². The van der Waals surface area contributed by atoms with Gasteiger partial charge in [0.25, 0.3) is 0 Å². The van der Waals surface area contributed by atoms with Crippen molar-refractivity contribution < 1.29 is 0 Å². The molecule has 2 aromatic carbocycles. The van der Waals surface area contributed by atoms with Gasteiger partial charge in [0.15, 0.2) is 0 Å². The summed E-state index contributed by atoms with van der Waals surface area (Å²) >= 11 is 0. The topological polar surface area (TPSA) is 75.5 Å². The highest BCUT2D eigenvalue weighted by atomic mass is 15.1. The molecule has 0 heterocycles. The van der Waals surface area contributed by atoms with Crippen LogP contribution in [0.5, 0.6) is 0 Å². The Morgan fingerprint density at radius 2 is 1.43 bits per heavy atom. The van der Waals surface area contributed by atoms with Crippen LogP contribution < -0.4 is 4.90 Å². The molecule has 0 aliphatic heterocycles. The average Bonchev–Trinajstić information content (AvgIpc) is 2.59. The number of hydrogen-bond donors (Lipinski definition) is 0. The molecule has 0 saturated carbocycles. The van der Waals surface area contributed by atoms with Gasteiger partial charge in [0.2, 0.25) is 0 Å². The van der Waals surface area contributed by atoms with E-state index in [9.17, 15) is 0 Å². The van der Waals surface area contributed by atoms with Crippen molar-refractivity contribution in [3.63, 3.8) is 0 Å². The predicted molar refractivity (Wildman–Crippen MR) is 90.6 cm³/mol. The van der Waals surface area contributed by atoms with Gasteiger partial charge in [-0.05, 0) is 42.0 Å². The third-order valence-corrected chi connectivity index (χ3v) is 3.15. The van der Waals surface area contributed by atoms with Crippen LogP contribution in [-0.4, -0.2) is 14.1 Å². The van der Waals surface area contributed by atoms with Crippen LogP contribution in [0.1, 0.15) is 5.56 Å². The molecule has 5 nitrogen and oxygen atoms in total. The summed E-state index contributed by atoms with van der Waals surface area (Å²) in [6.07, 6.45) is 1.23. The van der Waals surface area contributed by atoms with E-state index >= 15 is 0 Å². The molecule has 0 saturated heterocycles. The molecule has 0 aliphatic carbocycles. The second-order valence-corrected chi connectivity index (χ2v) is 4.96. The molecule has 0 aliphatic rings. The third kappa shape index (κ3) is 4.26. The lowest BCUT2D eigenvalue weighted by atomic mass is 10.1. The van der Waals surface area contributed by atoms with Crippen LogP contribution in [0.3, 0.4) is 0 Å². The normalized spacial score (nSPS) is 11.0. The van der Waals surface area contributed by atoms with Crippen LogP contribution in [0.15, 0.2) is 64.8 Å². The van der Waals surface area contributed by atoms with E-state index in [1.54, 1.807) is 24.3 Å². The van der Waals surface area contributed by atoms with E-state index < -0.39 is 0 Å². The van der Waals surface area contributed by atoms with Crippen molar-refractivity contribution in [1.29, 1.82) is 10.5 Å². The third-order valence-electron chi connectivity index (χ3n) is 3.15. The minimum atomic E-state index is 0.329. The first-order valence-corrected chi connectivity index (χ1v) is 6.93. The van der Waals surface area contributed by atoms with Gasteiger partial charge in [-0.2, -0.15) is 20.8 Å². The molecule has 23 heavy (non-hydrogen) atoms. The standard InChI is InChI=1S/C18H15N5/c1-23(2)18-9-7-17(8-10-18)22-21-16-5-3-14(4-6-16)15(13-20)11-12-19/h3-11H,1-2H3. The molecule has 112 valence electrons. The summed E-state index contributed by atoms with van der Waals surface area (Å²) < 4.78 is 0. The molecule has 0 amide bonds. The summed E-state index contributed by atoms with van der Waals surface area (Å²) in [5.41, 5.74) is 3.56. The van der Waals surface area contributed by atoms with Gasteiger partial charge in [0, 0.05) is 25.9 Å². The molecule has 0 N–H and O–H groups in total. The van der Waals surface area contributed by atoms with Crippen LogP contribution >= 0.6 is 0 Å². The molecule has 0 radical (unpaired) electrons. The fraction of sp³-hybridized carbons (Fsp3) is 0.111. The zero-order chi connectivity index (χ0) is 16.7. The Bertz CT molecular complexity index is 800. The van der Waals surface area contributed by atoms with Crippen LogP contribution in [0.25, 0.3) is 5.57 Å². The first kappa shape index (κ1) is 15.9. The maximum Gasteiger partial charge on any atom is 0.101 e. The minimum absolute atomic E-state index is 0.329. The van der Waals surface area contributed by atoms with Crippen molar-refractivity contribution in [2.24, 2.45) is 10.2 Å². The van der Waals surface area contributed by atoms with Crippen molar-refractivity contribution in [1.82, 2.24) is 0 Å². The molecular formula is C18H15N5. The fourth-order valence-electron chi connectivity index (χ4n) is 1.89. The highest BCUT2D eigenvalue weighted by Gasteiger charge is 2.00. The number of anilines is 1. The molecule has 2 rings (SSSR count). The number of azo groups is 1. The lowest BCUT2D eigenvalue weighted by Gasteiger charge is -2.11. The molecule has 0 unspecified atom stereocenters. The summed E-state index contributed by atoms with van der Waals surface area (Å²) in [5.74, 6) is 0. The number of rotatable bonds is 4. The van der Waals surface area contributed by atoms with Crippen LogP contribution in [0, 0.1) is 22.7 Å². The van der Waals surface area contributed by atoms with Crippen molar-refractivity contribution >= 4 is 22.6 Å². The second kappa shape index (κ2) is 7.53. The number of benzene rings is 2. The molecule has 0 spiro atoms. The Morgan fingerprint density at radius 1 is 0.913 bits per heavy atom. The number of hydrogen-bond acceptors (Lipinski definition) is 5. The first-order valence-electron chi connectivity index (χ1n) is 6.93. The van der Waals surface area contributed by atoms with Crippen molar-refractivity contribution in [3.8, 4) is 12.1 Å². The summed E-state index contributed by atoms with van der Waals surface area (Å²) in [5, 5.41) is 26.0. The zero-order valence-corrected chi connectivity index (χ0v) is 12.9. The summed E-state index contributed by atoms with van der Waals surface area (Å²) in [6, 6.07) is 18.6.